The van der Waals surface area contributed by atoms with E-state index >= 15 is 0 Å². The zero-order valence-corrected chi connectivity index (χ0v) is 13.1. The van der Waals surface area contributed by atoms with Gasteiger partial charge in [-0.25, -0.2) is 0 Å². The first-order valence-corrected chi connectivity index (χ1v) is 7.89. The van der Waals surface area contributed by atoms with E-state index in [-0.39, 0.29) is 16.7 Å². The Hall–Kier alpha value is -2.01. The average molecular weight is 302 g/mol. The van der Waals surface area contributed by atoms with Crippen molar-refractivity contribution in [2.45, 2.75) is 24.8 Å². The first kappa shape index (κ1) is 15.4. The molecular formula is C16H18N2O2S. The number of nitro groups is 1. The summed E-state index contributed by atoms with van der Waals surface area (Å²) in [5.41, 5.74) is 3.10. The number of nitrogens with one attached hydrogen (secondary N) is 1. The molecule has 2 aromatic carbocycles. The number of hydrogen-bond donors (Lipinski definition) is 1. The van der Waals surface area contributed by atoms with E-state index in [4.69, 9.17) is 0 Å². The molecule has 5 heteroatoms. The van der Waals surface area contributed by atoms with Gasteiger partial charge in [0.25, 0.3) is 5.69 Å². The summed E-state index contributed by atoms with van der Waals surface area (Å²) in [5.74, 6) is 0. The molecule has 0 saturated carbocycles. The summed E-state index contributed by atoms with van der Waals surface area (Å²) in [6.07, 6.45) is 2.05. The van der Waals surface area contributed by atoms with Gasteiger partial charge in [-0.2, -0.15) is 0 Å². The van der Waals surface area contributed by atoms with Gasteiger partial charge in [-0.15, -0.1) is 11.8 Å². The highest BCUT2D eigenvalue weighted by Gasteiger charge is 2.11. The molecule has 0 aliphatic rings. The van der Waals surface area contributed by atoms with Crippen LogP contribution >= 0.6 is 11.8 Å². The van der Waals surface area contributed by atoms with Crippen LogP contribution in [0.5, 0.6) is 0 Å². The second kappa shape index (κ2) is 6.63. The Morgan fingerprint density at radius 2 is 1.86 bits per heavy atom. The first-order chi connectivity index (χ1) is 10.0. The highest BCUT2D eigenvalue weighted by molar-refractivity contribution is 7.98. The normalized spacial score (nSPS) is 12.0. The van der Waals surface area contributed by atoms with Crippen molar-refractivity contribution in [3.8, 4) is 0 Å². The third kappa shape index (κ3) is 3.76. The monoisotopic (exact) mass is 302 g/mol. The second-order valence-electron chi connectivity index (χ2n) is 4.90. The molecule has 2 rings (SSSR count). The molecule has 110 valence electrons. The molecule has 4 nitrogen and oxygen atoms in total. The van der Waals surface area contributed by atoms with Gasteiger partial charge < -0.3 is 5.32 Å². The van der Waals surface area contributed by atoms with E-state index in [1.54, 1.807) is 23.9 Å². The van der Waals surface area contributed by atoms with Crippen molar-refractivity contribution >= 4 is 23.1 Å². The van der Waals surface area contributed by atoms with Crippen molar-refractivity contribution < 1.29 is 4.92 Å². The highest BCUT2D eigenvalue weighted by Crippen LogP contribution is 2.26. The molecule has 0 spiro atoms. The molecule has 0 heterocycles. The lowest BCUT2D eigenvalue weighted by molar-refractivity contribution is -0.384. The van der Waals surface area contributed by atoms with Crippen molar-refractivity contribution in [1.29, 1.82) is 0 Å². The van der Waals surface area contributed by atoms with E-state index in [0.717, 1.165) is 11.3 Å². The van der Waals surface area contributed by atoms with E-state index in [1.165, 1.54) is 16.5 Å². The number of benzene rings is 2. The number of thioether (sulfide) groups is 1. The van der Waals surface area contributed by atoms with Crippen LogP contribution in [-0.2, 0) is 0 Å². The summed E-state index contributed by atoms with van der Waals surface area (Å²) in [6, 6.07) is 13.4. The molecule has 0 bridgehead atoms. The predicted molar refractivity (Wildman–Crippen MR) is 88.1 cm³/mol. The summed E-state index contributed by atoms with van der Waals surface area (Å²) in [6.45, 7) is 3.95. The Morgan fingerprint density at radius 1 is 1.19 bits per heavy atom. The topological polar surface area (TPSA) is 55.2 Å². The summed E-state index contributed by atoms with van der Waals surface area (Å²) < 4.78 is 0. The maximum absolute atomic E-state index is 10.8. The average Bonchev–Trinajstić information content (AvgIpc) is 2.49. The Bertz CT molecular complexity index is 641. The standard InChI is InChI=1S/C16H18N2O2S/c1-11-10-14(18(19)20)6-9-16(11)17-12(2)13-4-7-15(21-3)8-5-13/h4-10,12,17H,1-3H3. The number of rotatable bonds is 5. The molecule has 0 aliphatic heterocycles. The summed E-state index contributed by atoms with van der Waals surface area (Å²) in [4.78, 5) is 11.6. The zero-order chi connectivity index (χ0) is 15.4. The van der Waals surface area contributed by atoms with Crippen LogP contribution in [0, 0.1) is 17.0 Å². The summed E-state index contributed by atoms with van der Waals surface area (Å²) in [5, 5.41) is 14.2. The van der Waals surface area contributed by atoms with E-state index in [9.17, 15) is 10.1 Å². The van der Waals surface area contributed by atoms with E-state index in [1.807, 2.05) is 6.92 Å². The third-order valence-electron chi connectivity index (χ3n) is 3.41. The molecule has 1 atom stereocenters. The minimum Gasteiger partial charge on any atom is -0.378 e. The van der Waals surface area contributed by atoms with Crippen LogP contribution in [0.25, 0.3) is 0 Å². The smallest absolute Gasteiger partial charge is 0.269 e. The fraction of sp³-hybridized carbons (Fsp3) is 0.250. The van der Waals surface area contributed by atoms with Crippen molar-refractivity contribution in [1.82, 2.24) is 0 Å². The number of non-ortho nitro benzene ring substituents is 1. The van der Waals surface area contributed by atoms with Crippen LogP contribution in [-0.4, -0.2) is 11.2 Å². The number of nitro benzene ring substituents is 1. The van der Waals surface area contributed by atoms with Crippen molar-refractivity contribution in [2.75, 3.05) is 11.6 Å². The lowest BCUT2D eigenvalue weighted by Gasteiger charge is -2.17. The van der Waals surface area contributed by atoms with Crippen LogP contribution in [0.15, 0.2) is 47.4 Å². The Morgan fingerprint density at radius 3 is 2.38 bits per heavy atom. The Labute approximate surface area is 128 Å². The Kier molecular flexibility index (Phi) is 4.85. The number of nitrogens with zero attached hydrogens (tertiary/aromatic N) is 1. The SMILES string of the molecule is CSc1ccc(C(C)Nc2ccc([N+](=O)[O-])cc2C)cc1. The molecule has 2 aromatic rings. The van der Waals surface area contributed by atoms with E-state index < -0.39 is 0 Å². The van der Waals surface area contributed by atoms with Gasteiger partial charge in [0.1, 0.15) is 0 Å². The quantitative estimate of drug-likeness (QED) is 0.490. The Balaban J connectivity index is 2.14. The summed E-state index contributed by atoms with van der Waals surface area (Å²) >= 11 is 1.72. The van der Waals surface area contributed by atoms with Crippen LogP contribution in [0.1, 0.15) is 24.1 Å². The van der Waals surface area contributed by atoms with Gasteiger partial charge in [0, 0.05) is 28.8 Å². The van der Waals surface area contributed by atoms with Crippen LogP contribution in [0.3, 0.4) is 0 Å². The van der Waals surface area contributed by atoms with Gasteiger partial charge in [0.05, 0.1) is 4.92 Å². The van der Waals surface area contributed by atoms with Gasteiger partial charge in [0.15, 0.2) is 0 Å². The van der Waals surface area contributed by atoms with Gasteiger partial charge in [-0.1, -0.05) is 12.1 Å². The highest BCUT2D eigenvalue weighted by atomic mass is 32.2. The molecule has 0 aliphatic carbocycles. The first-order valence-electron chi connectivity index (χ1n) is 6.67. The van der Waals surface area contributed by atoms with Crippen molar-refractivity contribution in [3.05, 3.63) is 63.7 Å². The fourth-order valence-electron chi connectivity index (χ4n) is 2.13. The van der Waals surface area contributed by atoms with Gasteiger partial charge in [0.2, 0.25) is 0 Å². The van der Waals surface area contributed by atoms with Crippen LogP contribution < -0.4 is 5.32 Å². The maximum Gasteiger partial charge on any atom is 0.269 e. The lowest BCUT2D eigenvalue weighted by Crippen LogP contribution is -2.07. The number of hydrogen-bond acceptors (Lipinski definition) is 4. The van der Waals surface area contributed by atoms with Crippen LogP contribution in [0.2, 0.25) is 0 Å². The van der Waals surface area contributed by atoms with Crippen molar-refractivity contribution in [2.24, 2.45) is 0 Å². The molecule has 0 radical (unpaired) electrons. The lowest BCUT2D eigenvalue weighted by atomic mass is 10.1. The predicted octanol–water partition coefficient (Wildman–Crippen LogP) is 4.80. The van der Waals surface area contributed by atoms with Gasteiger partial charge in [-0.05, 0) is 49.4 Å². The van der Waals surface area contributed by atoms with E-state index in [2.05, 4.69) is 42.8 Å². The zero-order valence-electron chi connectivity index (χ0n) is 12.3. The molecule has 0 amide bonds. The number of aryl methyl sites for hydroxylation is 1. The second-order valence-corrected chi connectivity index (χ2v) is 5.78. The third-order valence-corrected chi connectivity index (χ3v) is 4.15. The molecule has 21 heavy (non-hydrogen) atoms. The van der Waals surface area contributed by atoms with Gasteiger partial charge in [-0.3, -0.25) is 10.1 Å². The molecule has 1 N–H and O–H groups in total. The van der Waals surface area contributed by atoms with E-state index in [0.29, 0.717) is 0 Å². The molecule has 1 unspecified atom stereocenters. The van der Waals surface area contributed by atoms with Crippen molar-refractivity contribution in [3.63, 3.8) is 0 Å². The van der Waals surface area contributed by atoms with Gasteiger partial charge >= 0.3 is 0 Å². The van der Waals surface area contributed by atoms with Crippen LogP contribution in [0.4, 0.5) is 11.4 Å². The number of anilines is 1. The fourth-order valence-corrected chi connectivity index (χ4v) is 2.54. The molecule has 0 fully saturated rings. The summed E-state index contributed by atoms with van der Waals surface area (Å²) in [7, 11) is 0. The largest absolute Gasteiger partial charge is 0.378 e. The maximum atomic E-state index is 10.8. The minimum atomic E-state index is -0.374. The molecule has 0 aromatic heterocycles. The molecular weight excluding hydrogens is 284 g/mol. The minimum absolute atomic E-state index is 0.120. The molecule has 0 saturated heterocycles.